The first-order chi connectivity index (χ1) is 25.8. The van der Waals surface area contributed by atoms with E-state index in [4.69, 9.17) is 4.74 Å². The van der Waals surface area contributed by atoms with Crippen molar-refractivity contribution in [3.8, 4) is 34.0 Å². The number of hydrogen-bond acceptors (Lipinski definition) is 1. The van der Waals surface area contributed by atoms with E-state index in [1.165, 1.54) is 66.0 Å². The van der Waals surface area contributed by atoms with Crippen LogP contribution in [0.25, 0.3) is 66.1 Å². The van der Waals surface area contributed by atoms with Crippen molar-refractivity contribution in [2.45, 2.75) is 5.41 Å². The molecule has 3 nitrogen and oxygen atoms in total. The van der Waals surface area contributed by atoms with Crippen LogP contribution < -0.4 is 4.74 Å². The molecule has 2 aliphatic heterocycles. The summed E-state index contributed by atoms with van der Waals surface area (Å²) in [6.07, 6.45) is 0. The van der Waals surface area contributed by atoms with Gasteiger partial charge >= 0.3 is 0 Å². The highest BCUT2D eigenvalue weighted by Gasteiger charge is 2.50. The highest BCUT2D eigenvalue weighted by molar-refractivity contribution is 6.13. The summed E-state index contributed by atoms with van der Waals surface area (Å²) in [4.78, 5) is 0. The lowest BCUT2D eigenvalue weighted by Gasteiger charge is -2.45. The minimum absolute atomic E-state index is 0.633. The summed E-state index contributed by atoms with van der Waals surface area (Å²) in [6.45, 7) is 0. The second-order valence-electron chi connectivity index (χ2n) is 14.1. The Hall–Kier alpha value is -6.84. The van der Waals surface area contributed by atoms with E-state index in [0.717, 1.165) is 33.8 Å². The van der Waals surface area contributed by atoms with Gasteiger partial charge in [-0.15, -0.1) is 0 Å². The van der Waals surface area contributed by atoms with Crippen molar-refractivity contribution in [3.63, 3.8) is 0 Å². The average molecular weight is 663 g/mol. The van der Waals surface area contributed by atoms with Crippen LogP contribution in [0.15, 0.2) is 182 Å². The fourth-order valence-electron chi connectivity index (χ4n) is 9.52. The molecule has 0 bridgehead atoms. The molecule has 10 aromatic rings. The van der Waals surface area contributed by atoms with Gasteiger partial charge in [-0.05, 0) is 70.8 Å². The lowest BCUT2D eigenvalue weighted by atomic mass is 9.61. The minimum Gasteiger partial charge on any atom is -0.457 e. The van der Waals surface area contributed by atoms with Crippen LogP contribution in [-0.4, -0.2) is 9.13 Å². The van der Waals surface area contributed by atoms with Crippen LogP contribution in [0.4, 0.5) is 0 Å². The molecule has 4 heterocycles. The SMILES string of the molecule is c1ccc(-c2cccc(-n3c4ccccc4c4cc5c(cc43)C3(c4ccccc4O5)c4ccccc4-n4c5ccccc5c5cccc3c54)c2)cc1. The van der Waals surface area contributed by atoms with Crippen LogP contribution >= 0.6 is 0 Å². The Morgan fingerprint density at radius 2 is 1.00 bits per heavy atom. The maximum Gasteiger partial charge on any atom is 0.133 e. The van der Waals surface area contributed by atoms with Crippen molar-refractivity contribution in [1.29, 1.82) is 0 Å². The van der Waals surface area contributed by atoms with E-state index >= 15 is 0 Å². The molecule has 0 amide bonds. The van der Waals surface area contributed by atoms with E-state index in [1.807, 2.05) is 0 Å². The quantitative estimate of drug-likeness (QED) is 0.180. The van der Waals surface area contributed by atoms with Crippen LogP contribution in [0.2, 0.25) is 0 Å². The second-order valence-corrected chi connectivity index (χ2v) is 14.1. The van der Waals surface area contributed by atoms with Gasteiger partial charge in [0.1, 0.15) is 11.5 Å². The Morgan fingerprint density at radius 1 is 0.365 bits per heavy atom. The van der Waals surface area contributed by atoms with Gasteiger partial charge < -0.3 is 13.9 Å². The molecule has 8 aromatic carbocycles. The first-order valence-corrected chi connectivity index (χ1v) is 17.9. The van der Waals surface area contributed by atoms with Crippen molar-refractivity contribution >= 4 is 43.6 Å². The summed E-state index contributed by atoms with van der Waals surface area (Å²) in [7, 11) is 0. The van der Waals surface area contributed by atoms with E-state index in [9.17, 15) is 0 Å². The van der Waals surface area contributed by atoms with Crippen LogP contribution in [0.5, 0.6) is 11.5 Å². The topological polar surface area (TPSA) is 19.1 Å². The molecule has 12 rings (SSSR count). The molecule has 2 aliphatic rings. The number of nitrogens with zero attached hydrogens (tertiary/aromatic N) is 2. The smallest absolute Gasteiger partial charge is 0.133 e. The number of hydrogen-bond donors (Lipinski definition) is 0. The largest absolute Gasteiger partial charge is 0.457 e. The van der Waals surface area contributed by atoms with Crippen molar-refractivity contribution in [1.82, 2.24) is 9.13 Å². The van der Waals surface area contributed by atoms with Gasteiger partial charge in [0.05, 0.1) is 33.2 Å². The third-order valence-electron chi connectivity index (χ3n) is 11.5. The summed E-state index contributed by atoms with van der Waals surface area (Å²) in [5.41, 5.74) is 13.7. The highest BCUT2D eigenvalue weighted by atomic mass is 16.5. The van der Waals surface area contributed by atoms with Crippen molar-refractivity contribution in [3.05, 3.63) is 204 Å². The first-order valence-electron chi connectivity index (χ1n) is 17.9. The van der Waals surface area contributed by atoms with Gasteiger partial charge in [0.15, 0.2) is 0 Å². The lowest BCUT2D eigenvalue weighted by Crippen LogP contribution is -2.37. The molecule has 1 spiro atoms. The van der Waals surface area contributed by atoms with Crippen LogP contribution in [-0.2, 0) is 5.41 Å². The molecule has 2 aromatic heterocycles. The maximum absolute atomic E-state index is 7.00. The molecule has 0 radical (unpaired) electrons. The van der Waals surface area contributed by atoms with E-state index in [0.29, 0.717) is 0 Å². The molecule has 0 fully saturated rings. The molecule has 0 N–H and O–H groups in total. The molecule has 0 saturated carbocycles. The molecular weight excluding hydrogens is 633 g/mol. The fraction of sp³-hybridized carbons (Fsp3) is 0.0204. The predicted molar refractivity (Wildman–Crippen MR) is 212 cm³/mol. The van der Waals surface area contributed by atoms with Gasteiger partial charge in [0.25, 0.3) is 0 Å². The van der Waals surface area contributed by atoms with Gasteiger partial charge in [-0.1, -0.05) is 133 Å². The molecule has 1 unspecified atom stereocenters. The summed E-state index contributed by atoms with van der Waals surface area (Å²) in [5, 5.41) is 4.90. The Bertz CT molecular complexity index is 3110. The van der Waals surface area contributed by atoms with Gasteiger partial charge in [-0.25, -0.2) is 0 Å². The predicted octanol–water partition coefficient (Wildman–Crippen LogP) is 12.3. The molecular formula is C49H30N2O. The minimum atomic E-state index is -0.633. The third kappa shape index (κ3) is 3.45. The zero-order valence-corrected chi connectivity index (χ0v) is 28.1. The van der Waals surface area contributed by atoms with Crippen molar-refractivity contribution < 1.29 is 4.74 Å². The molecule has 242 valence electrons. The molecule has 52 heavy (non-hydrogen) atoms. The van der Waals surface area contributed by atoms with Gasteiger partial charge in [0.2, 0.25) is 0 Å². The number of rotatable bonds is 2. The Balaban J connectivity index is 1.25. The summed E-state index contributed by atoms with van der Waals surface area (Å²) in [5.74, 6) is 1.79. The summed E-state index contributed by atoms with van der Waals surface area (Å²) < 4.78 is 11.9. The van der Waals surface area contributed by atoms with Crippen LogP contribution in [0, 0.1) is 0 Å². The number of benzene rings is 8. The molecule has 1 atom stereocenters. The van der Waals surface area contributed by atoms with Gasteiger partial charge in [0, 0.05) is 38.4 Å². The summed E-state index contributed by atoms with van der Waals surface area (Å²) >= 11 is 0. The highest BCUT2D eigenvalue weighted by Crippen LogP contribution is 2.61. The average Bonchev–Trinajstić information content (AvgIpc) is 3.72. The van der Waals surface area contributed by atoms with Crippen LogP contribution in [0.1, 0.15) is 22.3 Å². The maximum atomic E-state index is 7.00. The lowest BCUT2D eigenvalue weighted by molar-refractivity contribution is 0.435. The molecule has 3 heteroatoms. The van der Waals surface area contributed by atoms with E-state index in [2.05, 4.69) is 191 Å². The normalized spacial score (nSPS) is 15.5. The Kier molecular flexibility index (Phi) is 5.43. The monoisotopic (exact) mass is 662 g/mol. The fourth-order valence-corrected chi connectivity index (χ4v) is 9.52. The summed E-state index contributed by atoms with van der Waals surface area (Å²) in [6, 6.07) is 66.4. The van der Waals surface area contributed by atoms with E-state index < -0.39 is 5.41 Å². The first kappa shape index (κ1) is 27.9. The van der Waals surface area contributed by atoms with E-state index in [-0.39, 0.29) is 0 Å². The van der Waals surface area contributed by atoms with E-state index in [1.54, 1.807) is 0 Å². The second kappa shape index (κ2) is 10.1. The Morgan fingerprint density at radius 3 is 1.87 bits per heavy atom. The third-order valence-corrected chi connectivity index (χ3v) is 11.5. The Labute approximate surface area is 300 Å². The molecule has 0 saturated heterocycles. The number of fused-ring (bicyclic) bond motifs is 14. The van der Waals surface area contributed by atoms with Gasteiger partial charge in [-0.2, -0.15) is 0 Å². The number of ether oxygens (including phenoxy) is 1. The number of aromatic nitrogens is 2. The van der Waals surface area contributed by atoms with Gasteiger partial charge in [-0.3, -0.25) is 0 Å². The standard InChI is InChI=1S/C49H30N2O/c1-2-14-31(15-3-1)32-16-12-17-33(28-32)50-42-24-8-5-19-35(42)37-29-47-41(30-45(37)50)49(39-22-7-11-27-46(39)52-47)38-21-6-10-26-44(38)51-43-25-9-4-18-34(43)36-20-13-23-40(49)48(36)51/h1-30H. The van der Waals surface area contributed by atoms with Crippen molar-refractivity contribution in [2.24, 2.45) is 0 Å². The van der Waals surface area contributed by atoms with Crippen molar-refractivity contribution in [2.75, 3.05) is 0 Å². The van der Waals surface area contributed by atoms with Crippen LogP contribution in [0.3, 0.4) is 0 Å². The zero-order chi connectivity index (χ0) is 34.0. The zero-order valence-electron chi connectivity index (χ0n) is 28.1. The number of para-hydroxylation sites is 5. The molecule has 0 aliphatic carbocycles.